The van der Waals surface area contributed by atoms with E-state index in [1.807, 2.05) is 14.1 Å². The van der Waals surface area contributed by atoms with Crippen molar-refractivity contribution in [2.45, 2.75) is 0 Å². The first kappa shape index (κ1) is 12.2. The van der Waals surface area contributed by atoms with Gasteiger partial charge in [0, 0.05) is 19.3 Å². The zero-order valence-corrected chi connectivity index (χ0v) is 10.4. The topological polar surface area (TPSA) is 79.1 Å². The van der Waals surface area contributed by atoms with Gasteiger partial charge in [0.05, 0.1) is 4.47 Å². The van der Waals surface area contributed by atoms with Crippen LogP contribution in [-0.2, 0) is 0 Å². The number of nitrogen functional groups attached to an aromatic ring is 1. The molecule has 0 spiro atoms. The molecule has 1 aromatic heterocycles. The van der Waals surface area contributed by atoms with Crippen LogP contribution in [-0.4, -0.2) is 42.1 Å². The van der Waals surface area contributed by atoms with Gasteiger partial charge >= 0.3 is 0 Å². The van der Waals surface area contributed by atoms with Crippen molar-refractivity contribution in [3.8, 4) is 0 Å². The van der Waals surface area contributed by atoms with Crippen LogP contribution in [0, 0.1) is 0 Å². The van der Waals surface area contributed by atoms with E-state index in [9.17, 15) is 0 Å². The number of rotatable bonds is 5. The number of anilines is 2. The van der Waals surface area contributed by atoms with Gasteiger partial charge in [-0.05, 0) is 30.0 Å². The normalized spacial score (nSPS) is 10.5. The minimum atomic E-state index is 0.394. The molecule has 4 N–H and O–H groups in total. The van der Waals surface area contributed by atoms with Gasteiger partial charge in [0.25, 0.3) is 0 Å². The van der Waals surface area contributed by atoms with E-state index in [2.05, 4.69) is 41.5 Å². The molecule has 0 saturated heterocycles. The summed E-state index contributed by atoms with van der Waals surface area (Å²) in [6.07, 6.45) is 1.65. The Morgan fingerprint density at radius 1 is 1.53 bits per heavy atom. The van der Waals surface area contributed by atoms with Crippen molar-refractivity contribution in [3.63, 3.8) is 0 Å². The average Bonchev–Trinajstić information content (AvgIpc) is 2.20. The van der Waals surface area contributed by atoms with Gasteiger partial charge in [-0.2, -0.15) is 4.98 Å². The fourth-order valence-corrected chi connectivity index (χ4v) is 1.29. The van der Waals surface area contributed by atoms with Gasteiger partial charge in [-0.1, -0.05) is 0 Å². The van der Waals surface area contributed by atoms with E-state index in [0.29, 0.717) is 5.95 Å². The Hall–Kier alpha value is -0.920. The number of hydrogen-bond donors (Lipinski definition) is 3. The van der Waals surface area contributed by atoms with Crippen LogP contribution in [0.25, 0.3) is 0 Å². The number of nitrogens with two attached hydrogens (primary N) is 1. The lowest BCUT2D eigenvalue weighted by atomic mass is 10.5. The fraction of sp³-hybridized carbons (Fsp3) is 0.500. The second-order valence-corrected chi connectivity index (χ2v) is 4.12. The Kier molecular flexibility index (Phi) is 4.73. The first-order valence-corrected chi connectivity index (χ1v) is 5.30. The molecule has 0 aliphatic rings. The van der Waals surface area contributed by atoms with Gasteiger partial charge in [-0.3, -0.25) is 5.43 Å². The number of aromatic nitrogens is 2. The monoisotopic (exact) mass is 274 g/mol. The van der Waals surface area contributed by atoms with Crippen LogP contribution >= 0.6 is 15.9 Å². The molecule has 1 aromatic rings. The number of nitrogens with zero attached hydrogens (tertiary/aromatic N) is 3. The second kappa shape index (κ2) is 5.84. The summed E-state index contributed by atoms with van der Waals surface area (Å²) in [7, 11) is 4.03. The lowest BCUT2D eigenvalue weighted by molar-refractivity contribution is 0.425. The summed E-state index contributed by atoms with van der Waals surface area (Å²) in [5, 5.41) is 3.18. The summed E-state index contributed by atoms with van der Waals surface area (Å²) in [5.74, 6) is 6.35. The summed E-state index contributed by atoms with van der Waals surface area (Å²) in [4.78, 5) is 10.2. The first-order chi connectivity index (χ1) is 7.13. The molecule has 0 unspecified atom stereocenters. The average molecular weight is 275 g/mol. The Balaban J connectivity index is 2.59. The van der Waals surface area contributed by atoms with Crippen LogP contribution in [0.2, 0.25) is 0 Å². The smallest absolute Gasteiger partial charge is 0.239 e. The Morgan fingerprint density at radius 2 is 2.27 bits per heavy atom. The third-order valence-electron chi connectivity index (χ3n) is 1.72. The van der Waals surface area contributed by atoms with E-state index < -0.39 is 0 Å². The fourth-order valence-electron chi connectivity index (χ4n) is 0.959. The predicted octanol–water partition coefficient (Wildman–Crippen LogP) is 0.498. The van der Waals surface area contributed by atoms with Crippen LogP contribution in [0.3, 0.4) is 0 Å². The maximum atomic E-state index is 5.22. The van der Waals surface area contributed by atoms with E-state index in [1.54, 1.807) is 6.20 Å². The lowest BCUT2D eigenvalue weighted by Crippen LogP contribution is -2.21. The zero-order chi connectivity index (χ0) is 11.3. The van der Waals surface area contributed by atoms with Crippen LogP contribution in [0.15, 0.2) is 10.7 Å². The molecule has 0 amide bonds. The molecule has 1 rings (SSSR count). The van der Waals surface area contributed by atoms with Crippen molar-refractivity contribution in [1.29, 1.82) is 0 Å². The van der Waals surface area contributed by atoms with E-state index in [4.69, 9.17) is 5.84 Å². The zero-order valence-electron chi connectivity index (χ0n) is 8.79. The molecule has 6 nitrogen and oxygen atoms in total. The molecule has 0 aromatic carbocycles. The molecule has 0 aliphatic carbocycles. The highest BCUT2D eigenvalue weighted by molar-refractivity contribution is 9.10. The standard InChI is InChI=1S/C8H15BrN6/c1-15(2)4-3-11-7-6(9)5-12-8(13-7)14-10/h5H,3-4,10H2,1-2H3,(H2,11,12,13,14). The van der Waals surface area contributed by atoms with Crippen molar-refractivity contribution >= 4 is 27.7 Å². The Morgan fingerprint density at radius 3 is 2.87 bits per heavy atom. The minimum Gasteiger partial charge on any atom is -0.368 e. The molecule has 0 saturated carbocycles. The molecule has 0 atom stereocenters. The van der Waals surface area contributed by atoms with Crippen LogP contribution in [0.1, 0.15) is 0 Å². The first-order valence-electron chi connectivity index (χ1n) is 4.51. The maximum Gasteiger partial charge on any atom is 0.239 e. The number of halogens is 1. The molecule has 7 heteroatoms. The minimum absolute atomic E-state index is 0.394. The highest BCUT2D eigenvalue weighted by Gasteiger charge is 2.03. The van der Waals surface area contributed by atoms with Crippen molar-refractivity contribution in [1.82, 2.24) is 14.9 Å². The number of nitrogens with one attached hydrogen (secondary N) is 2. The van der Waals surface area contributed by atoms with Gasteiger partial charge in [-0.15, -0.1) is 0 Å². The molecule has 1 heterocycles. The molecule has 0 aliphatic heterocycles. The predicted molar refractivity (Wildman–Crippen MR) is 64.6 cm³/mol. The Bertz CT molecular complexity index is 316. The van der Waals surface area contributed by atoms with Crippen molar-refractivity contribution < 1.29 is 0 Å². The van der Waals surface area contributed by atoms with Gasteiger partial charge in [0.15, 0.2) is 0 Å². The summed E-state index contributed by atoms with van der Waals surface area (Å²) < 4.78 is 0.820. The lowest BCUT2D eigenvalue weighted by Gasteiger charge is -2.12. The van der Waals surface area contributed by atoms with Crippen molar-refractivity contribution in [3.05, 3.63) is 10.7 Å². The third-order valence-corrected chi connectivity index (χ3v) is 2.30. The second-order valence-electron chi connectivity index (χ2n) is 3.26. The number of hydrogen-bond acceptors (Lipinski definition) is 6. The molecule has 0 bridgehead atoms. The maximum absolute atomic E-state index is 5.22. The van der Waals surface area contributed by atoms with Crippen LogP contribution < -0.4 is 16.6 Å². The van der Waals surface area contributed by atoms with Gasteiger partial charge in [-0.25, -0.2) is 10.8 Å². The van der Waals surface area contributed by atoms with Gasteiger partial charge < -0.3 is 10.2 Å². The molecular weight excluding hydrogens is 260 g/mol. The van der Waals surface area contributed by atoms with Crippen molar-refractivity contribution in [2.24, 2.45) is 5.84 Å². The summed E-state index contributed by atoms with van der Waals surface area (Å²) >= 11 is 3.36. The molecule has 0 radical (unpaired) electrons. The van der Waals surface area contributed by atoms with Crippen LogP contribution in [0.4, 0.5) is 11.8 Å². The van der Waals surface area contributed by atoms with E-state index in [-0.39, 0.29) is 0 Å². The third kappa shape index (κ3) is 3.98. The SMILES string of the molecule is CN(C)CCNc1nc(NN)ncc1Br. The number of likely N-dealkylation sites (N-methyl/N-ethyl adjacent to an activating group) is 1. The molecule has 0 fully saturated rings. The van der Waals surface area contributed by atoms with Crippen LogP contribution in [0.5, 0.6) is 0 Å². The van der Waals surface area contributed by atoms with Gasteiger partial charge in [0.2, 0.25) is 5.95 Å². The summed E-state index contributed by atoms with van der Waals surface area (Å²) in [6.45, 7) is 1.74. The van der Waals surface area contributed by atoms with Crippen molar-refractivity contribution in [2.75, 3.05) is 37.9 Å². The molecular formula is C8H15BrN6. The largest absolute Gasteiger partial charge is 0.368 e. The summed E-state index contributed by atoms with van der Waals surface area (Å²) in [5.41, 5.74) is 2.40. The van der Waals surface area contributed by atoms with E-state index in [0.717, 1.165) is 23.4 Å². The Labute approximate surface area is 97.4 Å². The molecule has 84 valence electrons. The highest BCUT2D eigenvalue weighted by atomic mass is 79.9. The molecule has 15 heavy (non-hydrogen) atoms. The highest BCUT2D eigenvalue weighted by Crippen LogP contribution is 2.19. The van der Waals surface area contributed by atoms with E-state index >= 15 is 0 Å². The summed E-state index contributed by atoms with van der Waals surface area (Å²) in [6, 6.07) is 0. The number of hydrazine groups is 1. The van der Waals surface area contributed by atoms with Gasteiger partial charge in [0.1, 0.15) is 5.82 Å². The van der Waals surface area contributed by atoms with E-state index in [1.165, 1.54) is 0 Å². The quantitative estimate of drug-likeness (QED) is 0.536.